The zero-order valence-electron chi connectivity index (χ0n) is 24.0. The van der Waals surface area contributed by atoms with Crippen molar-refractivity contribution in [1.29, 1.82) is 5.26 Å². The largest absolute Gasteiger partial charge is 0.472 e. The van der Waals surface area contributed by atoms with Crippen molar-refractivity contribution in [2.75, 3.05) is 31.5 Å². The number of likely N-dealkylation sites (tertiary alicyclic amines) is 2. The van der Waals surface area contributed by atoms with Crippen LogP contribution in [0.1, 0.15) is 58.4 Å². The zero-order chi connectivity index (χ0) is 30.5. The van der Waals surface area contributed by atoms with Crippen LogP contribution in [0.2, 0.25) is 0 Å². The maximum atomic E-state index is 13.8. The molecule has 11 heteroatoms. The van der Waals surface area contributed by atoms with E-state index in [0.29, 0.717) is 38.2 Å². The van der Waals surface area contributed by atoms with E-state index < -0.39 is 17.7 Å². The molecule has 1 aliphatic carbocycles. The Hall–Kier alpha value is -5.11. The van der Waals surface area contributed by atoms with Gasteiger partial charge in [-0.3, -0.25) is 19.2 Å². The van der Waals surface area contributed by atoms with Crippen LogP contribution >= 0.6 is 0 Å². The summed E-state index contributed by atoms with van der Waals surface area (Å²) in [6.45, 7) is 3.72. The number of ketones is 1. The average Bonchev–Trinajstić information content (AvgIpc) is 3.62. The van der Waals surface area contributed by atoms with Gasteiger partial charge in [-0.2, -0.15) is 5.26 Å². The van der Waals surface area contributed by atoms with Crippen molar-refractivity contribution in [3.05, 3.63) is 77.0 Å². The first kappa shape index (κ1) is 29.4. The van der Waals surface area contributed by atoms with Gasteiger partial charge in [0.1, 0.15) is 23.5 Å². The molecule has 0 unspecified atom stereocenters. The average molecular weight is 583 g/mol. The standard InChI is InChI=1S/C32H34N6O5/c1-20-15-23-19-43-14-10-24(23)28(20)36-31(25(17-33)29(40)21-7-6-8-22(16-21)30(34)41)35-26-9-2-3-13-38(32(26)42)18-27(39)37-11-4-5-12-37/h6-8,10,14-16,19,26,35-36H,2-5,9,11-13,18H2,1H3,(H2,34,41)/t26-/m0/s1. The van der Waals surface area contributed by atoms with E-state index in [1.807, 2.05) is 19.1 Å². The molecule has 5 rings (SSSR count). The Bertz CT molecular complexity index is 1600. The van der Waals surface area contributed by atoms with E-state index in [4.69, 9.17) is 10.2 Å². The van der Waals surface area contributed by atoms with E-state index >= 15 is 0 Å². The van der Waals surface area contributed by atoms with Gasteiger partial charge in [-0.05, 0) is 68.9 Å². The molecule has 0 radical (unpaired) electrons. The summed E-state index contributed by atoms with van der Waals surface area (Å²) in [5.74, 6) is -1.64. The fraction of sp³-hybridized carbons (Fsp3) is 0.344. The van der Waals surface area contributed by atoms with E-state index in [9.17, 15) is 24.4 Å². The molecular weight excluding hydrogens is 548 g/mol. The molecule has 0 saturated carbocycles. The van der Waals surface area contributed by atoms with Crippen LogP contribution in [-0.4, -0.2) is 65.5 Å². The van der Waals surface area contributed by atoms with E-state index in [-0.39, 0.29) is 40.9 Å². The van der Waals surface area contributed by atoms with Crippen molar-refractivity contribution in [3.8, 4) is 17.2 Å². The van der Waals surface area contributed by atoms with Gasteiger partial charge in [0.25, 0.3) is 0 Å². The molecule has 0 aromatic heterocycles. The highest BCUT2D eigenvalue weighted by atomic mass is 16.3. The number of nitrogens with two attached hydrogens (primary N) is 1. The number of nitriles is 1. The van der Waals surface area contributed by atoms with Gasteiger partial charge in [-0.25, -0.2) is 0 Å². The van der Waals surface area contributed by atoms with Crippen molar-refractivity contribution in [1.82, 2.24) is 15.1 Å². The fourth-order valence-electron chi connectivity index (χ4n) is 5.68. The highest BCUT2D eigenvalue weighted by molar-refractivity contribution is 6.13. The molecule has 2 fully saturated rings. The minimum absolute atomic E-state index is 0.0104. The Morgan fingerprint density at radius 2 is 1.81 bits per heavy atom. The third kappa shape index (κ3) is 6.38. The molecule has 1 aromatic rings. The van der Waals surface area contributed by atoms with Gasteiger partial charge in [-0.15, -0.1) is 0 Å². The second kappa shape index (κ2) is 12.8. The number of benzene rings is 1. The predicted octanol–water partition coefficient (Wildman–Crippen LogP) is 3.41. The summed E-state index contributed by atoms with van der Waals surface area (Å²) in [5, 5.41) is 16.7. The SMILES string of the molecule is Cc1cc2coccc-2c1NC(N[C@H]1CCCCN(CC(=O)N2CCCC2)C1=O)=C(C#N)C(=O)c1cccc(C(N)=O)c1. The number of carbonyl (C=O) groups excluding carboxylic acids is 4. The van der Waals surface area contributed by atoms with Crippen molar-refractivity contribution >= 4 is 29.2 Å². The smallest absolute Gasteiger partial charge is 0.248 e. The topological polar surface area (TPSA) is 162 Å². The molecule has 11 nitrogen and oxygen atoms in total. The third-order valence-corrected chi connectivity index (χ3v) is 7.99. The number of nitrogens with zero attached hydrogens (tertiary/aromatic N) is 3. The Morgan fingerprint density at radius 3 is 2.56 bits per heavy atom. The molecule has 1 aromatic carbocycles. The number of nitrogens with one attached hydrogen (secondary N) is 2. The summed E-state index contributed by atoms with van der Waals surface area (Å²) < 4.78 is 5.31. The molecule has 1 atom stereocenters. The number of carbonyl (C=O) groups is 4. The predicted molar refractivity (Wildman–Crippen MR) is 159 cm³/mol. The van der Waals surface area contributed by atoms with Crippen LogP contribution in [0.4, 0.5) is 5.69 Å². The number of anilines is 1. The van der Waals surface area contributed by atoms with Gasteiger partial charge >= 0.3 is 0 Å². The highest BCUT2D eigenvalue weighted by Crippen LogP contribution is 2.37. The maximum absolute atomic E-state index is 13.8. The van der Waals surface area contributed by atoms with E-state index in [1.165, 1.54) is 30.5 Å². The van der Waals surface area contributed by atoms with E-state index in [2.05, 4.69) is 10.6 Å². The van der Waals surface area contributed by atoms with Gasteiger partial charge in [0.2, 0.25) is 23.5 Å². The number of hydrogen-bond donors (Lipinski definition) is 3. The highest BCUT2D eigenvalue weighted by Gasteiger charge is 2.32. The number of primary amides is 1. The number of allylic oxidation sites excluding steroid dienone is 1. The van der Waals surface area contributed by atoms with E-state index in [1.54, 1.807) is 22.1 Å². The van der Waals surface area contributed by atoms with Crippen molar-refractivity contribution in [2.45, 2.75) is 45.1 Å². The summed E-state index contributed by atoms with van der Waals surface area (Å²) in [5.41, 5.74) is 8.47. The Labute approximate surface area is 249 Å². The quantitative estimate of drug-likeness (QED) is 0.196. The lowest BCUT2D eigenvalue weighted by molar-refractivity contribution is -0.140. The van der Waals surface area contributed by atoms with Crippen LogP contribution in [0.25, 0.3) is 11.1 Å². The molecule has 4 N–H and O–H groups in total. The monoisotopic (exact) mass is 582 g/mol. The number of Topliss-reactive ketones (excluding diaryl/α,β-unsaturated/α-hetero) is 1. The minimum Gasteiger partial charge on any atom is -0.472 e. The number of amides is 3. The van der Waals surface area contributed by atoms with Crippen LogP contribution in [-0.2, 0) is 9.59 Å². The molecule has 4 aliphatic rings. The summed E-state index contributed by atoms with van der Waals surface area (Å²) in [4.78, 5) is 55.6. The first-order valence-corrected chi connectivity index (χ1v) is 14.4. The van der Waals surface area contributed by atoms with Crippen LogP contribution in [0.5, 0.6) is 0 Å². The molecule has 0 bridgehead atoms. The number of aryl methyl sites for hydroxylation is 1. The molecule has 43 heavy (non-hydrogen) atoms. The lowest BCUT2D eigenvalue weighted by Crippen LogP contribution is -2.49. The molecule has 222 valence electrons. The molecule has 3 aliphatic heterocycles. The zero-order valence-corrected chi connectivity index (χ0v) is 24.0. The lowest BCUT2D eigenvalue weighted by atomic mass is 10.0. The summed E-state index contributed by atoms with van der Waals surface area (Å²) in [6.07, 6.45) is 6.93. The van der Waals surface area contributed by atoms with Crippen molar-refractivity contribution < 1.29 is 23.6 Å². The van der Waals surface area contributed by atoms with Gasteiger partial charge < -0.3 is 30.6 Å². The van der Waals surface area contributed by atoms with Crippen LogP contribution in [0, 0.1) is 18.3 Å². The van der Waals surface area contributed by atoms with Gasteiger partial charge in [0, 0.05) is 41.9 Å². The summed E-state index contributed by atoms with van der Waals surface area (Å²) >= 11 is 0. The molecule has 3 amide bonds. The second-order valence-corrected chi connectivity index (χ2v) is 10.9. The molecule has 0 spiro atoms. The molecular formula is C32H34N6O5. The Kier molecular flexibility index (Phi) is 8.76. The Morgan fingerprint density at radius 1 is 1.07 bits per heavy atom. The fourth-order valence-corrected chi connectivity index (χ4v) is 5.68. The summed E-state index contributed by atoms with van der Waals surface area (Å²) in [7, 11) is 0. The third-order valence-electron chi connectivity index (χ3n) is 7.99. The Balaban J connectivity index is 1.51. The van der Waals surface area contributed by atoms with Crippen molar-refractivity contribution in [2.24, 2.45) is 5.73 Å². The number of rotatable bonds is 9. The first-order chi connectivity index (χ1) is 20.8. The van der Waals surface area contributed by atoms with E-state index in [0.717, 1.165) is 36.0 Å². The lowest BCUT2D eigenvalue weighted by Gasteiger charge is -2.28. The number of hydrogen-bond acceptors (Lipinski definition) is 8. The molecule has 3 heterocycles. The van der Waals surface area contributed by atoms with Gasteiger partial charge in [-0.1, -0.05) is 12.1 Å². The van der Waals surface area contributed by atoms with Crippen LogP contribution < -0.4 is 16.4 Å². The second-order valence-electron chi connectivity index (χ2n) is 10.9. The minimum atomic E-state index is -0.791. The maximum Gasteiger partial charge on any atom is 0.248 e. The van der Waals surface area contributed by atoms with Gasteiger partial charge in [0.05, 0.1) is 24.8 Å². The van der Waals surface area contributed by atoms with Crippen LogP contribution in [0.3, 0.4) is 0 Å². The van der Waals surface area contributed by atoms with Crippen LogP contribution in [0.15, 0.2) is 64.7 Å². The number of fused-ring (bicyclic) bond motifs is 1. The van der Waals surface area contributed by atoms with Crippen molar-refractivity contribution in [3.63, 3.8) is 0 Å². The molecule has 2 saturated heterocycles. The van der Waals surface area contributed by atoms with Gasteiger partial charge in [0.15, 0.2) is 0 Å². The summed E-state index contributed by atoms with van der Waals surface area (Å²) in [6, 6.07) is 10.7. The normalized spacial score (nSPS) is 17.7. The first-order valence-electron chi connectivity index (χ1n) is 14.4.